The molecule has 160 valence electrons. The van der Waals surface area contributed by atoms with Gasteiger partial charge in [0, 0.05) is 11.8 Å². The predicted octanol–water partition coefficient (Wildman–Crippen LogP) is 9.09. The molecular formula is C29H21NO2S. The molecule has 6 rings (SSSR count). The van der Waals surface area contributed by atoms with Gasteiger partial charge in [-0.2, -0.15) is 0 Å². The van der Waals surface area contributed by atoms with Crippen LogP contribution in [0.25, 0.3) is 11.1 Å². The maximum absolute atomic E-state index is 6.22. The lowest BCUT2D eigenvalue weighted by atomic mass is 10.0. The molecule has 0 bridgehead atoms. The number of anilines is 3. The van der Waals surface area contributed by atoms with E-state index in [-0.39, 0.29) is 0 Å². The van der Waals surface area contributed by atoms with E-state index in [0.717, 1.165) is 39.2 Å². The molecule has 5 aromatic rings. The number of hydrogen-bond acceptors (Lipinski definition) is 4. The summed E-state index contributed by atoms with van der Waals surface area (Å²) in [6.07, 6.45) is 0. The molecule has 3 nitrogen and oxygen atoms in total. The van der Waals surface area contributed by atoms with Crippen LogP contribution in [0.15, 0.2) is 109 Å². The highest BCUT2D eigenvalue weighted by Gasteiger charge is 2.22. The van der Waals surface area contributed by atoms with Crippen LogP contribution in [0.1, 0.15) is 5.56 Å². The Morgan fingerprint density at radius 3 is 2.09 bits per heavy atom. The molecule has 0 N–H and O–H groups in total. The second-order valence-corrected chi connectivity index (χ2v) is 8.91. The minimum atomic E-state index is 0.713. The fraction of sp³-hybridized carbons (Fsp3) is 0.0345. The Bertz CT molecular complexity index is 1430. The number of rotatable bonds is 4. The van der Waals surface area contributed by atoms with Crippen molar-refractivity contribution in [2.75, 3.05) is 4.90 Å². The zero-order chi connectivity index (χ0) is 22.2. The van der Waals surface area contributed by atoms with Gasteiger partial charge in [0.25, 0.3) is 0 Å². The van der Waals surface area contributed by atoms with Gasteiger partial charge in [-0.25, -0.2) is 0 Å². The Morgan fingerprint density at radius 1 is 0.576 bits per heavy atom. The van der Waals surface area contributed by atoms with Gasteiger partial charge in [0.15, 0.2) is 23.0 Å². The van der Waals surface area contributed by atoms with Crippen LogP contribution < -0.4 is 14.4 Å². The van der Waals surface area contributed by atoms with Crippen molar-refractivity contribution in [2.24, 2.45) is 0 Å². The molecule has 2 heterocycles. The maximum Gasteiger partial charge on any atom is 0.172 e. The van der Waals surface area contributed by atoms with Crippen molar-refractivity contribution in [3.8, 4) is 34.1 Å². The summed E-state index contributed by atoms with van der Waals surface area (Å²) in [6.45, 7) is 2.05. The lowest BCUT2D eigenvalue weighted by molar-refractivity contribution is 0.359. The van der Waals surface area contributed by atoms with E-state index in [4.69, 9.17) is 9.47 Å². The van der Waals surface area contributed by atoms with E-state index in [1.54, 1.807) is 11.3 Å². The Balaban J connectivity index is 1.42. The van der Waals surface area contributed by atoms with Gasteiger partial charge in [0.1, 0.15) is 0 Å². The number of nitrogens with zero attached hydrogens (tertiary/aromatic N) is 1. The van der Waals surface area contributed by atoms with Crippen LogP contribution in [0.4, 0.5) is 16.4 Å². The average molecular weight is 448 g/mol. The van der Waals surface area contributed by atoms with Gasteiger partial charge in [-0.3, -0.25) is 0 Å². The minimum absolute atomic E-state index is 0.713. The summed E-state index contributed by atoms with van der Waals surface area (Å²) in [7, 11) is 0. The molecule has 0 amide bonds. The molecule has 33 heavy (non-hydrogen) atoms. The summed E-state index contributed by atoms with van der Waals surface area (Å²) >= 11 is 1.70. The Labute approximate surface area is 197 Å². The first-order valence-electron chi connectivity index (χ1n) is 10.8. The van der Waals surface area contributed by atoms with Crippen LogP contribution in [-0.2, 0) is 0 Å². The van der Waals surface area contributed by atoms with Gasteiger partial charge in [0.2, 0.25) is 0 Å². The molecule has 4 heteroatoms. The number of benzene rings is 4. The van der Waals surface area contributed by atoms with Gasteiger partial charge in [0.05, 0.1) is 10.7 Å². The molecule has 0 saturated carbocycles. The second-order valence-electron chi connectivity index (χ2n) is 7.99. The molecular weight excluding hydrogens is 426 g/mol. The van der Waals surface area contributed by atoms with Crippen molar-refractivity contribution in [1.82, 2.24) is 0 Å². The highest BCUT2D eigenvalue weighted by Crippen LogP contribution is 2.48. The van der Waals surface area contributed by atoms with Gasteiger partial charge in [-0.15, -0.1) is 11.3 Å². The molecule has 0 fully saturated rings. The second kappa shape index (κ2) is 8.15. The first kappa shape index (κ1) is 19.6. The third-order valence-electron chi connectivity index (χ3n) is 5.66. The summed E-state index contributed by atoms with van der Waals surface area (Å²) < 4.78 is 12.3. The number of thiophene rings is 1. The minimum Gasteiger partial charge on any atom is -0.450 e. The van der Waals surface area contributed by atoms with Gasteiger partial charge < -0.3 is 14.4 Å². The van der Waals surface area contributed by atoms with Crippen molar-refractivity contribution in [2.45, 2.75) is 6.92 Å². The molecule has 0 radical (unpaired) electrons. The van der Waals surface area contributed by atoms with E-state index < -0.39 is 0 Å². The highest BCUT2D eigenvalue weighted by molar-refractivity contribution is 7.14. The van der Waals surface area contributed by atoms with Crippen LogP contribution in [0, 0.1) is 6.92 Å². The first-order valence-corrected chi connectivity index (χ1v) is 11.7. The smallest absolute Gasteiger partial charge is 0.172 e. The van der Waals surface area contributed by atoms with Crippen LogP contribution in [-0.4, -0.2) is 0 Å². The molecule has 0 atom stereocenters. The van der Waals surface area contributed by atoms with Crippen LogP contribution >= 0.6 is 11.3 Å². The van der Waals surface area contributed by atoms with Gasteiger partial charge in [-0.05, 0) is 77.5 Å². The Kier molecular flexibility index (Phi) is 4.85. The zero-order valence-corrected chi connectivity index (χ0v) is 18.9. The van der Waals surface area contributed by atoms with Gasteiger partial charge in [-0.1, -0.05) is 48.5 Å². The topological polar surface area (TPSA) is 21.7 Å². The fourth-order valence-corrected chi connectivity index (χ4v) is 4.84. The summed E-state index contributed by atoms with van der Waals surface area (Å²) in [5, 5.41) is 3.23. The first-order chi connectivity index (χ1) is 16.2. The zero-order valence-electron chi connectivity index (χ0n) is 18.1. The lowest BCUT2D eigenvalue weighted by Crippen LogP contribution is -2.09. The van der Waals surface area contributed by atoms with E-state index in [1.165, 1.54) is 11.1 Å². The summed E-state index contributed by atoms with van der Waals surface area (Å²) in [4.78, 5) is 2.26. The molecule has 0 saturated heterocycles. The van der Waals surface area contributed by atoms with Crippen molar-refractivity contribution >= 4 is 27.7 Å². The number of hydrogen-bond donors (Lipinski definition) is 0. The van der Waals surface area contributed by atoms with Crippen molar-refractivity contribution in [1.29, 1.82) is 0 Å². The fourth-order valence-electron chi connectivity index (χ4n) is 4.07. The van der Waals surface area contributed by atoms with E-state index in [0.29, 0.717) is 5.75 Å². The van der Waals surface area contributed by atoms with E-state index in [9.17, 15) is 0 Å². The van der Waals surface area contributed by atoms with E-state index in [2.05, 4.69) is 77.0 Å². The SMILES string of the molecule is Cc1ccc2c(c1)Oc1ccc(N(c3cccc(-c4ccccc4)c3)c3cccs3)cc1O2. The highest BCUT2D eigenvalue weighted by atomic mass is 32.1. The molecule has 0 aliphatic carbocycles. The largest absolute Gasteiger partial charge is 0.450 e. The van der Waals surface area contributed by atoms with E-state index >= 15 is 0 Å². The lowest BCUT2D eigenvalue weighted by Gasteiger charge is -2.27. The predicted molar refractivity (Wildman–Crippen MR) is 136 cm³/mol. The average Bonchev–Trinajstić information content (AvgIpc) is 3.38. The Hall–Kier alpha value is -4.02. The number of aryl methyl sites for hydroxylation is 1. The standard InChI is InChI=1S/C29H21NO2S/c1-20-12-14-25-27(17-20)31-26-15-13-24(19-28(26)32-25)30(29-11-6-16-33-29)23-10-5-9-22(18-23)21-7-3-2-4-8-21/h2-19H,1H3. The molecule has 0 unspecified atom stereocenters. The molecule has 1 aromatic heterocycles. The van der Waals surface area contributed by atoms with Crippen molar-refractivity contribution in [3.63, 3.8) is 0 Å². The van der Waals surface area contributed by atoms with Crippen LogP contribution in [0.3, 0.4) is 0 Å². The summed E-state index contributed by atoms with van der Waals surface area (Å²) in [6, 6.07) is 35.4. The molecule has 1 aliphatic heterocycles. The summed E-state index contributed by atoms with van der Waals surface area (Å²) in [5.41, 5.74) is 5.61. The van der Waals surface area contributed by atoms with Crippen molar-refractivity contribution in [3.05, 3.63) is 114 Å². The van der Waals surface area contributed by atoms with Gasteiger partial charge >= 0.3 is 0 Å². The molecule has 0 spiro atoms. The monoisotopic (exact) mass is 447 g/mol. The summed E-state index contributed by atoms with van der Waals surface area (Å²) in [5.74, 6) is 2.92. The van der Waals surface area contributed by atoms with E-state index in [1.807, 2.05) is 43.3 Å². The maximum atomic E-state index is 6.22. The molecule has 4 aromatic carbocycles. The number of ether oxygens (including phenoxy) is 2. The van der Waals surface area contributed by atoms with Crippen LogP contribution in [0.5, 0.6) is 23.0 Å². The van der Waals surface area contributed by atoms with Crippen LogP contribution in [0.2, 0.25) is 0 Å². The quantitative estimate of drug-likeness (QED) is 0.269. The molecule has 1 aliphatic rings. The normalized spacial score (nSPS) is 11.7. The third kappa shape index (κ3) is 3.75. The number of fused-ring (bicyclic) bond motifs is 2. The third-order valence-corrected chi connectivity index (χ3v) is 6.52. The Morgan fingerprint density at radius 2 is 1.30 bits per heavy atom. The van der Waals surface area contributed by atoms with Crippen molar-refractivity contribution < 1.29 is 9.47 Å².